The van der Waals surface area contributed by atoms with E-state index in [-0.39, 0.29) is 17.9 Å². The molecule has 0 aliphatic heterocycles. The second kappa shape index (κ2) is 6.35. The molecule has 1 aliphatic rings. The van der Waals surface area contributed by atoms with Crippen LogP contribution in [0.3, 0.4) is 0 Å². The lowest BCUT2D eigenvalue weighted by Crippen LogP contribution is -2.37. The number of carbonyl (C=O) groups excluding carboxylic acids is 1. The van der Waals surface area contributed by atoms with Gasteiger partial charge in [-0.2, -0.15) is 5.26 Å². The van der Waals surface area contributed by atoms with Crippen LogP contribution in [0.1, 0.15) is 37.7 Å². The van der Waals surface area contributed by atoms with Crippen molar-refractivity contribution in [2.24, 2.45) is 11.7 Å². The molecule has 1 fully saturated rings. The maximum absolute atomic E-state index is 12.3. The Balaban J connectivity index is 2.05. The Morgan fingerprint density at radius 3 is 2.89 bits per heavy atom. The minimum atomic E-state index is -0.117. The van der Waals surface area contributed by atoms with Crippen LogP contribution >= 0.6 is 0 Å². The number of amides is 1. The fraction of sp³-hybridized carbons (Fsp3) is 0.467. The summed E-state index contributed by atoms with van der Waals surface area (Å²) in [5.41, 5.74) is 7.29. The van der Waals surface area contributed by atoms with Crippen molar-refractivity contribution >= 4 is 11.6 Å². The highest BCUT2D eigenvalue weighted by atomic mass is 16.1. The van der Waals surface area contributed by atoms with Gasteiger partial charge in [0.1, 0.15) is 0 Å². The predicted molar refractivity (Wildman–Crippen MR) is 74.3 cm³/mol. The molecule has 1 saturated carbocycles. The predicted octanol–water partition coefficient (Wildman–Crippen LogP) is 2.40. The van der Waals surface area contributed by atoms with Gasteiger partial charge in [0, 0.05) is 11.7 Å². The van der Waals surface area contributed by atoms with Gasteiger partial charge in [-0.1, -0.05) is 25.3 Å². The first-order valence-corrected chi connectivity index (χ1v) is 6.77. The molecule has 100 valence electrons. The largest absolute Gasteiger partial charge is 0.327 e. The zero-order valence-electron chi connectivity index (χ0n) is 10.9. The summed E-state index contributed by atoms with van der Waals surface area (Å²) in [6.07, 6.45) is 5.08. The number of benzene rings is 1. The van der Waals surface area contributed by atoms with E-state index in [9.17, 15) is 4.79 Å². The molecular formula is C15H19N3O. The average molecular weight is 257 g/mol. The Labute approximate surface area is 113 Å². The topological polar surface area (TPSA) is 78.9 Å². The quantitative estimate of drug-likeness (QED) is 0.798. The van der Waals surface area contributed by atoms with Crippen LogP contribution in [0.4, 0.5) is 5.69 Å². The maximum Gasteiger partial charge on any atom is 0.229 e. The Morgan fingerprint density at radius 1 is 1.32 bits per heavy atom. The van der Waals surface area contributed by atoms with Crippen molar-refractivity contribution in [2.45, 2.75) is 38.1 Å². The lowest BCUT2D eigenvalue weighted by Gasteiger charge is -2.20. The summed E-state index contributed by atoms with van der Waals surface area (Å²) >= 11 is 0. The molecule has 1 aromatic carbocycles. The van der Waals surface area contributed by atoms with Crippen molar-refractivity contribution in [3.8, 4) is 6.07 Å². The summed E-state index contributed by atoms with van der Waals surface area (Å²) in [5.74, 6) is -0.141. The van der Waals surface area contributed by atoms with Crippen molar-refractivity contribution in [3.63, 3.8) is 0 Å². The van der Waals surface area contributed by atoms with Crippen LogP contribution in [0.15, 0.2) is 24.3 Å². The number of nitrogens with two attached hydrogens (primary N) is 1. The monoisotopic (exact) mass is 257 g/mol. The summed E-state index contributed by atoms with van der Waals surface area (Å²) in [6, 6.07) is 8.96. The Bertz CT molecular complexity index is 492. The Kier molecular flexibility index (Phi) is 4.53. The van der Waals surface area contributed by atoms with Gasteiger partial charge < -0.3 is 11.1 Å². The third-order valence-corrected chi connectivity index (χ3v) is 3.67. The third-order valence-electron chi connectivity index (χ3n) is 3.67. The van der Waals surface area contributed by atoms with Gasteiger partial charge in [-0.3, -0.25) is 4.79 Å². The van der Waals surface area contributed by atoms with Gasteiger partial charge in [0.25, 0.3) is 0 Å². The van der Waals surface area contributed by atoms with Crippen molar-refractivity contribution in [1.29, 1.82) is 5.26 Å². The normalized spacial score (nSPS) is 23.2. The summed E-state index contributed by atoms with van der Waals surface area (Å²) in [4.78, 5) is 12.3. The number of carbonyl (C=O) groups is 1. The molecule has 0 aromatic heterocycles. The van der Waals surface area contributed by atoms with Crippen LogP contribution in [0.5, 0.6) is 0 Å². The van der Waals surface area contributed by atoms with E-state index in [1.54, 1.807) is 24.3 Å². The van der Waals surface area contributed by atoms with E-state index >= 15 is 0 Å². The summed E-state index contributed by atoms with van der Waals surface area (Å²) in [7, 11) is 0. The van der Waals surface area contributed by atoms with E-state index < -0.39 is 0 Å². The molecule has 0 bridgehead atoms. The zero-order valence-corrected chi connectivity index (χ0v) is 10.9. The number of nitrogens with one attached hydrogen (secondary N) is 1. The van der Waals surface area contributed by atoms with E-state index in [1.165, 1.54) is 0 Å². The fourth-order valence-electron chi connectivity index (χ4n) is 2.56. The Hall–Kier alpha value is -1.86. The molecule has 0 heterocycles. The van der Waals surface area contributed by atoms with Gasteiger partial charge in [0.2, 0.25) is 5.91 Å². The van der Waals surface area contributed by atoms with E-state index in [0.29, 0.717) is 11.3 Å². The van der Waals surface area contributed by atoms with Crippen molar-refractivity contribution in [1.82, 2.24) is 0 Å². The first kappa shape index (κ1) is 13.6. The molecule has 19 heavy (non-hydrogen) atoms. The molecule has 4 heteroatoms. The third kappa shape index (κ3) is 3.55. The lowest BCUT2D eigenvalue weighted by molar-refractivity contribution is -0.120. The first-order valence-electron chi connectivity index (χ1n) is 6.77. The zero-order chi connectivity index (χ0) is 13.7. The van der Waals surface area contributed by atoms with Crippen LogP contribution in [0.2, 0.25) is 0 Å². The SMILES string of the molecule is N#Cc1cccc(NC(=O)C2CCCCCC2N)c1. The molecule has 0 saturated heterocycles. The molecule has 1 amide bonds. The van der Waals surface area contributed by atoms with Gasteiger partial charge in [-0.05, 0) is 31.0 Å². The minimum absolute atomic E-state index is 0.0236. The van der Waals surface area contributed by atoms with Crippen LogP contribution in [0, 0.1) is 17.2 Å². The van der Waals surface area contributed by atoms with E-state index in [0.717, 1.165) is 32.1 Å². The first-order chi connectivity index (χ1) is 9.20. The second-order valence-electron chi connectivity index (χ2n) is 5.09. The van der Waals surface area contributed by atoms with Crippen LogP contribution < -0.4 is 11.1 Å². The standard InChI is InChI=1S/C15H19N3O/c16-10-11-5-4-6-12(9-11)18-15(19)13-7-2-1-3-8-14(13)17/h4-6,9,13-14H,1-3,7-8,17H2,(H,18,19). The molecule has 3 N–H and O–H groups in total. The van der Waals surface area contributed by atoms with Crippen LogP contribution in [0.25, 0.3) is 0 Å². The van der Waals surface area contributed by atoms with E-state index in [1.807, 2.05) is 0 Å². The van der Waals surface area contributed by atoms with Crippen molar-refractivity contribution in [2.75, 3.05) is 5.32 Å². The molecule has 1 aliphatic carbocycles. The molecule has 2 unspecified atom stereocenters. The number of nitrogens with zero attached hydrogens (tertiary/aromatic N) is 1. The number of hydrogen-bond acceptors (Lipinski definition) is 3. The lowest BCUT2D eigenvalue weighted by atomic mass is 9.94. The van der Waals surface area contributed by atoms with E-state index in [4.69, 9.17) is 11.0 Å². The molecule has 4 nitrogen and oxygen atoms in total. The average Bonchev–Trinajstić information content (AvgIpc) is 2.63. The number of rotatable bonds is 2. The summed E-state index contributed by atoms with van der Waals surface area (Å²) < 4.78 is 0. The van der Waals surface area contributed by atoms with Gasteiger partial charge in [0.05, 0.1) is 17.6 Å². The highest BCUT2D eigenvalue weighted by Gasteiger charge is 2.26. The highest BCUT2D eigenvalue weighted by molar-refractivity contribution is 5.93. The van der Waals surface area contributed by atoms with Crippen LogP contribution in [-0.2, 0) is 4.79 Å². The minimum Gasteiger partial charge on any atom is -0.327 e. The number of anilines is 1. The fourth-order valence-corrected chi connectivity index (χ4v) is 2.56. The molecule has 2 rings (SSSR count). The smallest absolute Gasteiger partial charge is 0.229 e. The maximum atomic E-state index is 12.3. The summed E-state index contributed by atoms with van der Waals surface area (Å²) in [6.45, 7) is 0. The number of nitriles is 1. The summed E-state index contributed by atoms with van der Waals surface area (Å²) in [5, 5.41) is 11.7. The van der Waals surface area contributed by atoms with Gasteiger partial charge >= 0.3 is 0 Å². The molecule has 1 aromatic rings. The van der Waals surface area contributed by atoms with Crippen LogP contribution in [-0.4, -0.2) is 11.9 Å². The molecule has 0 radical (unpaired) electrons. The van der Waals surface area contributed by atoms with Crippen molar-refractivity contribution < 1.29 is 4.79 Å². The van der Waals surface area contributed by atoms with Gasteiger partial charge in [-0.15, -0.1) is 0 Å². The van der Waals surface area contributed by atoms with Gasteiger partial charge in [0.15, 0.2) is 0 Å². The van der Waals surface area contributed by atoms with Gasteiger partial charge in [-0.25, -0.2) is 0 Å². The molecule has 2 atom stereocenters. The number of hydrogen-bond donors (Lipinski definition) is 2. The molecule has 0 spiro atoms. The molecular weight excluding hydrogens is 238 g/mol. The van der Waals surface area contributed by atoms with Crippen molar-refractivity contribution in [3.05, 3.63) is 29.8 Å². The second-order valence-corrected chi connectivity index (χ2v) is 5.09. The van der Waals surface area contributed by atoms with E-state index in [2.05, 4.69) is 11.4 Å². The highest BCUT2D eigenvalue weighted by Crippen LogP contribution is 2.23. The Morgan fingerprint density at radius 2 is 2.11 bits per heavy atom.